The molecule has 1 atom stereocenters. The number of carbonyl (C=O) groups is 1. The summed E-state index contributed by atoms with van der Waals surface area (Å²) in [6.07, 6.45) is 0. The third-order valence-electron chi connectivity index (χ3n) is 4.40. The highest BCUT2D eigenvalue weighted by molar-refractivity contribution is 6.15. The molecule has 2 aromatic rings. The Morgan fingerprint density at radius 3 is 2.00 bits per heavy atom. The van der Waals surface area contributed by atoms with Gasteiger partial charge in [-0.05, 0) is 12.5 Å². The molecule has 1 fully saturated rings. The molecule has 0 aromatic heterocycles. The number of ether oxygens (including phenoxy) is 3. The van der Waals surface area contributed by atoms with E-state index in [2.05, 4.69) is 6.58 Å². The smallest absolute Gasteiger partial charge is 0.256 e. The van der Waals surface area contributed by atoms with Crippen LogP contribution in [0.5, 0.6) is 17.2 Å². The summed E-state index contributed by atoms with van der Waals surface area (Å²) in [6, 6.07) is 11.4. The van der Waals surface area contributed by atoms with Crippen LogP contribution in [0.2, 0.25) is 0 Å². The Labute approximate surface area is 147 Å². The van der Waals surface area contributed by atoms with E-state index in [9.17, 15) is 4.79 Å². The van der Waals surface area contributed by atoms with Crippen molar-refractivity contribution in [2.45, 2.75) is 13.0 Å². The van der Waals surface area contributed by atoms with Crippen molar-refractivity contribution in [1.82, 2.24) is 0 Å². The number of β-lactam (4-membered cyclic amide) rings is 1. The summed E-state index contributed by atoms with van der Waals surface area (Å²) in [7, 11) is 4.65. The fourth-order valence-corrected chi connectivity index (χ4v) is 3.05. The third-order valence-corrected chi connectivity index (χ3v) is 4.40. The Morgan fingerprint density at radius 1 is 0.960 bits per heavy atom. The fourth-order valence-electron chi connectivity index (χ4n) is 3.05. The zero-order chi connectivity index (χ0) is 18.1. The first-order valence-electron chi connectivity index (χ1n) is 7.90. The molecule has 1 saturated heterocycles. The van der Waals surface area contributed by atoms with Gasteiger partial charge in [-0.3, -0.25) is 9.69 Å². The highest BCUT2D eigenvalue weighted by Crippen LogP contribution is 2.47. The number of rotatable bonds is 5. The van der Waals surface area contributed by atoms with Gasteiger partial charge in [-0.15, -0.1) is 0 Å². The summed E-state index contributed by atoms with van der Waals surface area (Å²) < 4.78 is 16.1. The molecule has 1 amide bonds. The second-order valence-electron chi connectivity index (χ2n) is 5.90. The zero-order valence-corrected chi connectivity index (χ0v) is 14.8. The van der Waals surface area contributed by atoms with Gasteiger partial charge in [0.25, 0.3) is 5.91 Å². The molecule has 0 aliphatic carbocycles. The SMILES string of the molecule is C=C1C(=O)N(c2cc(OC)c(OC)c(OC)c2)C1c1ccc(C)cc1. The largest absolute Gasteiger partial charge is 0.493 e. The highest BCUT2D eigenvalue weighted by atomic mass is 16.5. The molecular weight excluding hydrogens is 318 g/mol. The minimum atomic E-state index is -0.198. The van der Waals surface area contributed by atoms with Gasteiger partial charge in [0.2, 0.25) is 5.75 Å². The number of hydrogen-bond donors (Lipinski definition) is 0. The van der Waals surface area contributed by atoms with Gasteiger partial charge in [0.15, 0.2) is 11.5 Å². The van der Waals surface area contributed by atoms with Gasteiger partial charge in [0.05, 0.1) is 33.1 Å². The normalized spacial score (nSPS) is 16.5. The van der Waals surface area contributed by atoms with Gasteiger partial charge in [-0.1, -0.05) is 36.4 Å². The number of nitrogens with zero attached hydrogens (tertiary/aromatic N) is 1. The molecule has 130 valence electrons. The Kier molecular flexibility index (Phi) is 4.40. The van der Waals surface area contributed by atoms with Crippen molar-refractivity contribution in [3.63, 3.8) is 0 Å². The molecule has 1 heterocycles. The molecule has 0 N–H and O–H groups in total. The molecule has 0 radical (unpaired) electrons. The van der Waals surface area contributed by atoms with Crippen molar-refractivity contribution >= 4 is 11.6 Å². The average Bonchev–Trinajstić information content (AvgIpc) is 2.64. The molecule has 0 spiro atoms. The van der Waals surface area contributed by atoms with Crippen LogP contribution in [-0.2, 0) is 4.79 Å². The van der Waals surface area contributed by atoms with Crippen molar-refractivity contribution in [3.05, 3.63) is 59.7 Å². The van der Waals surface area contributed by atoms with Crippen LogP contribution in [0.15, 0.2) is 48.6 Å². The number of benzene rings is 2. The van der Waals surface area contributed by atoms with E-state index < -0.39 is 0 Å². The van der Waals surface area contributed by atoms with E-state index in [4.69, 9.17) is 14.2 Å². The van der Waals surface area contributed by atoms with Crippen molar-refractivity contribution in [1.29, 1.82) is 0 Å². The van der Waals surface area contributed by atoms with Crippen LogP contribution >= 0.6 is 0 Å². The number of anilines is 1. The first-order valence-corrected chi connectivity index (χ1v) is 7.90. The van der Waals surface area contributed by atoms with Gasteiger partial charge in [0, 0.05) is 17.7 Å². The average molecular weight is 339 g/mol. The Balaban J connectivity index is 2.06. The van der Waals surface area contributed by atoms with Gasteiger partial charge in [-0.25, -0.2) is 0 Å². The van der Waals surface area contributed by atoms with Gasteiger partial charge < -0.3 is 14.2 Å². The van der Waals surface area contributed by atoms with Gasteiger partial charge in [0.1, 0.15) is 0 Å². The first-order chi connectivity index (χ1) is 12.0. The second-order valence-corrected chi connectivity index (χ2v) is 5.90. The van der Waals surface area contributed by atoms with Gasteiger partial charge in [-0.2, -0.15) is 0 Å². The predicted molar refractivity (Wildman–Crippen MR) is 96.6 cm³/mol. The van der Waals surface area contributed by atoms with E-state index >= 15 is 0 Å². The maximum Gasteiger partial charge on any atom is 0.256 e. The van der Waals surface area contributed by atoms with Crippen LogP contribution in [0.4, 0.5) is 5.69 Å². The Bertz CT molecular complexity index is 801. The van der Waals surface area contributed by atoms with Crippen LogP contribution in [-0.4, -0.2) is 27.2 Å². The Hall–Kier alpha value is -2.95. The number of carbonyl (C=O) groups excluding carboxylic acids is 1. The topological polar surface area (TPSA) is 48.0 Å². The van der Waals surface area contributed by atoms with Crippen molar-refractivity contribution in [3.8, 4) is 17.2 Å². The summed E-state index contributed by atoms with van der Waals surface area (Å²) in [5.41, 5.74) is 3.43. The molecule has 2 aromatic carbocycles. The molecule has 3 rings (SSSR count). The minimum Gasteiger partial charge on any atom is -0.493 e. The van der Waals surface area contributed by atoms with E-state index in [-0.39, 0.29) is 11.9 Å². The van der Waals surface area contributed by atoms with E-state index in [0.29, 0.717) is 28.5 Å². The molecule has 5 nitrogen and oxygen atoms in total. The lowest BCUT2D eigenvalue weighted by Crippen LogP contribution is -2.48. The Morgan fingerprint density at radius 2 is 1.52 bits per heavy atom. The highest BCUT2D eigenvalue weighted by Gasteiger charge is 2.43. The van der Waals surface area contributed by atoms with Crippen LogP contribution in [0.1, 0.15) is 17.2 Å². The van der Waals surface area contributed by atoms with E-state index in [1.54, 1.807) is 38.4 Å². The quantitative estimate of drug-likeness (QED) is 0.616. The molecule has 5 heteroatoms. The molecule has 1 aliphatic heterocycles. The fraction of sp³-hybridized carbons (Fsp3) is 0.250. The lowest BCUT2D eigenvalue weighted by molar-refractivity contribution is -0.118. The molecular formula is C20H21NO4. The molecule has 1 aliphatic rings. The van der Waals surface area contributed by atoms with Crippen molar-refractivity contribution in [2.75, 3.05) is 26.2 Å². The maximum atomic E-state index is 12.5. The van der Waals surface area contributed by atoms with Crippen molar-refractivity contribution in [2.24, 2.45) is 0 Å². The first kappa shape index (κ1) is 16.9. The third kappa shape index (κ3) is 2.71. The molecule has 25 heavy (non-hydrogen) atoms. The summed E-state index contributed by atoms with van der Waals surface area (Å²) >= 11 is 0. The maximum absolute atomic E-state index is 12.5. The summed E-state index contributed by atoms with van der Waals surface area (Å²) in [4.78, 5) is 14.2. The number of aryl methyl sites for hydroxylation is 1. The summed E-state index contributed by atoms with van der Waals surface area (Å²) in [5.74, 6) is 1.39. The second kappa shape index (κ2) is 6.51. The van der Waals surface area contributed by atoms with E-state index in [1.807, 2.05) is 31.2 Å². The lowest BCUT2D eigenvalue weighted by atomic mass is 9.88. The van der Waals surface area contributed by atoms with E-state index in [0.717, 1.165) is 5.56 Å². The molecule has 1 unspecified atom stereocenters. The monoisotopic (exact) mass is 339 g/mol. The van der Waals surface area contributed by atoms with Crippen LogP contribution in [0, 0.1) is 6.92 Å². The van der Waals surface area contributed by atoms with Crippen LogP contribution in [0.25, 0.3) is 0 Å². The standard InChI is InChI=1S/C20H21NO4/c1-12-6-8-14(9-7-12)18-13(2)20(22)21(18)15-10-16(23-3)19(25-5)17(11-15)24-4/h6-11,18H,2H2,1,3-5H3. The minimum absolute atomic E-state index is 0.111. The van der Waals surface area contributed by atoms with Crippen molar-refractivity contribution < 1.29 is 19.0 Å². The van der Waals surface area contributed by atoms with Crippen LogP contribution < -0.4 is 19.1 Å². The number of amides is 1. The van der Waals surface area contributed by atoms with Crippen LogP contribution in [0.3, 0.4) is 0 Å². The van der Waals surface area contributed by atoms with E-state index in [1.165, 1.54) is 5.56 Å². The molecule has 0 bridgehead atoms. The predicted octanol–water partition coefficient (Wildman–Crippen LogP) is 3.66. The summed E-state index contributed by atoms with van der Waals surface area (Å²) in [6.45, 7) is 5.97. The zero-order valence-electron chi connectivity index (χ0n) is 14.8. The summed E-state index contributed by atoms with van der Waals surface area (Å²) in [5, 5.41) is 0. The van der Waals surface area contributed by atoms with Gasteiger partial charge >= 0.3 is 0 Å². The number of methoxy groups -OCH3 is 3. The molecule has 0 saturated carbocycles. The lowest BCUT2D eigenvalue weighted by Gasteiger charge is -2.42. The number of hydrogen-bond acceptors (Lipinski definition) is 4.